The van der Waals surface area contributed by atoms with Crippen LogP contribution < -0.4 is 10.3 Å². The van der Waals surface area contributed by atoms with Crippen LogP contribution in [0.2, 0.25) is 0 Å². The quantitative estimate of drug-likeness (QED) is 0.826. The Hall–Kier alpha value is -0.840. The van der Waals surface area contributed by atoms with Gasteiger partial charge in [-0.3, -0.25) is 4.79 Å². The predicted molar refractivity (Wildman–Crippen MR) is 57.6 cm³/mol. The molecule has 1 rings (SSSR count). The van der Waals surface area contributed by atoms with E-state index in [0.717, 1.165) is 19.3 Å². The minimum Gasteiger partial charge on any atom is -0.477 e. The molecule has 0 unspecified atom stereocenters. The number of halogens is 1. The van der Waals surface area contributed by atoms with Crippen LogP contribution in [0.25, 0.3) is 0 Å². The third kappa shape index (κ3) is 3.14. The molecule has 1 N–H and O–H groups in total. The lowest BCUT2D eigenvalue weighted by molar-refractivity contribution is 0.292. The molecule has 0 aliphatic heterocycles. The summed E-state index contributed by atoms with van der Waals surface area (Å²) in [5.74, 6) is 0.366. The van der Waals surface area contributed by atoms with E-state index in [1.54, 1.807) is 0 Å². The zero-order chi connectivity index (χ0) is 10.4. The van der Waals surface area contributed by atoms with Crippen molar-refractivity contribution in [3.05, 3.63) is 21.2 Å². The fourth-order valence-electron chi connectivity index (χ4n) is 0.988. The number of unbranched alkanes of at least 4 members (excludes halogenated alkanes) is 2. The van der Waals surface area contributed by atoms with Crippen molar-refractivity contribution in [1.29, 1.82) is 0 Å². The number of ether oxygens (including phenoxy) is 1. The average molecular weight is 261 g/mol. The molecule has 0 amide bonds. The van der Waals surface area contributed by atoms with Gasteiger partial charge in [0.25, 0.3) is 5.56 Å². The van der Waals surface area contributed by atoms with Crippen LogP contribution in [0.5, 0.6) is 5.88 Å². The van der Waals surface area contributed by atoms with E-state index in [1.165, 1.54) is 6.33 Å². The van der Waals surface area contributed by atoms with E-state index in [4.69, 9.17) is 4.74 Å². The summed E-state index contributed by atoms with van der Waals surface area (Å²) in [6.07, 6.45) is 4.59. The number of aromatic amines is 1. The lowest BCUT2D eigenvalue weighted by atomic mass is 10.3. The zero-order valence-electron chi connectivity index (χ0n) is 8.05. The summed E-state index contributed by atoms with van der Waals surface area (Å²) in [6.45, 7) is 2.73. The predicted octanol–water partition coefficient (Wildman–Crippen LogP) is 2.10. The van der Waals surface area contributed by atoms with Crippen molar-refractivity contribution in [2.24, 2.45) is 0 Å². The highest BCUT2D eigenvalue weighted by Gasteiger charge is 2.05. The zero-order valence-corrected chi connectivity index (χ0v) is 9.63. The van der Waals surface area contributed by atoms with Gasteiger partial charge in [-0.25, -0.2) is 4.98 Å². The highest BCUT2D eigenvalue weighted by atomic mass is 79.9. The Morgan fingerprint density at radius 2 is 2.36 bits per heavy atom. The molecule has 0 spiro atoms. The van der Waals surface area contributed by atoms with Crippen LogP contribution in [-0.2, 0) is 0 Å². The Bertz CT molecular complexity index is 338. The summed E-state index contributed by atoms with van der Waals surface area (Å²) < 4.78 is 5.70. The first-order valence-corrected chi connectivity index (χ1v) is 5.41. The number of nitrogens with one attached hydrogen (secondary N) is 1. The summed E-state index contributed by atoms with van der Waals surface area (Å²) in [5, 5.41) is 0. The number of hydrogen-bond acceptors (Lipinski definition) is 3. The Labute approximate surface area is 90.8 Å². The molecule has 5 heteroatoms. The Morgan fingerprint density at radius 3 is 3.07 bits per heavy atom. The second-order valence-electron chi connectivity index (χ2n) is 2.91. The van der Waals surface area contributed by atoms with Gasteiger partial charge in [0.05, 0.1) is 12.9 Å². The number of rotatable bonds is 5. The second kappa shape index (κ2) is 5.80. The molecule has 0 fully saturated rings. The van der Waals surface area contributed by atoms with Crippen molar-refractivity contribution in [3.63, 3.8) is 0 Å². The standard InChI is InChI=1S/C9H13BrN2O2/c1-2-3-4-5-14-9-7(10)8(13)11-6-12-9/h6H,2-5H2,1H3,(H,11,12,13). The molecule has 14 heavy (non-hydrogen) atoms. The number of hydrogen-bond donors (Lipinski definition) is 1. The van der Waals surface area contributed by atoms with Gasteiger partial charge in [0.15, 0.2) is 0 Å². The van der Waals surface area contributed by atoms with Crippen molar-refractivity contribution < 1.29 is 4.74 Å². The molecule has 1 aromatic rings. The molecular weight excluding hydrogens is 248 g/mol. The number of H-pyrrole nitrogens is 1. The largest absolute Gasteiger partial charge is 0.477 e. The normalized spacial score (nSPS) is 10.1. The average Bonchev–Trinajstić information content (AvgIpc) is 2.19. The van der Waals surface area contributed by atoms with Crippen molar-refractivity contribution in [2.75, 3.05) is 6.61 Å². The smallest absolute Gasteiger partial charge is 0.268 e. The monoisotopic (exact) mass is 260 g/mol. The molecule has 0 bridgehead atoms. The molecule has 4 nitrogen and oxygen atoms in total. The van der Waals surface area contributed by atoms with Crippen LogP contribution >= 0.6 is 15.9 Å². The van der Waals surface area contributed by atoms with E-state index in [2.05, 4.69) is 32.8 Å². The molecule has 0 aromatic carbocycles. The molecule has 78 valence electrons. The van der Waals surface area contributed by atoms with Gasteiger partial charge < -0.3 is 9.72 Å². The minimum atomic E-state index is -0.217. The van der Waals surface area contributed by atoms with Crippen molar-refractivity contribution in [3.8, 4) is 5.88 Å². The van der Waals surface area contributed by atoms with Gasteiger partial charge in [0, 0.05) is 0 Å². The van der Waals surface area contributed by atoms with Gasteiger partial charge in [0.1, 0.15) is 4.47 Å². The van der Waals surface area contributed by atoms with E-state index in [0.29, 0.717) is 17.0 Å². The molecule has 0 saturated heterocycles. The first-order valence-electron chi connectivity index (χ1n) is 4.61. The highest BCUT2D eigenvalue weighted by molar-refractivity contribution is 9.10. The Balaban J connectivity index is 2.51. The maximum Gasteiger partial charge on any atom is 0.268 e. The van der Waals surface area contributed by atoms with E-state index >= 15 is 0 Å². The fourth-order valence-corrected chi connectivity index (χ4v) is 1.32. The molecule has 1 heterocycles. The van der Waals surface area contributed by atoms with Crippen molar-refractivity contribution in [1.82, 2.24) is 9.97 Å². The van der Waals surface area contributed by atoms with Crippen LogP contribution in [0.4, 0.5) is 0 Å². The van der Waals surface area contributed by atoms with Crippen LogP contribution in [-0.4, -0.2) is 16.6 Å². The van der Waals surface area contributed by atoms with Gasteiger partial charge in [-0.2, -0.15) is 0 Å². The maximum atomic E-state index is 11.1. The summed E-state index contributed by atoms with van der Waals surface area (Å²) >= 11 is 3.12. The van der Waals surface area contributed by atoms with Gasteiger partial charge >= 0.3 is 0 Å². The van der Waals surface area contributed by atoms with Crippen molar-refractivity contribution in [2.45, 2.75) is 26.2 Å². The SMILES string of the molecule is CCCCCOc1nc[nH]c(=O)c1Br. The van der Waals surface area contributed by atoms with E-state index in [1.807, 2.05) is 0 Å². The summed E-state index contributed by atoms with van der Waals surface area (Å²) in [6, 6.07) is 0. The lowest BCUT2D eigenvalue weighted by Crippen LogP contribution is -2.10. The molecule has 0 aliphatic carbocycles. The van der Waals surface area contributed by atoms with E-state index in [-0.39, 0.29) is 5.56 Å². The molecular formula is C9H13BrN2O2. The first kappa shape index (κ1) is 11.2. The van der Waals surface area contributed by atoms with Crippen LogP contribution in [0.3, 0.4) is 0 Å². The lowest BCUT2D eigenvalue weighted by Gasteiger charge is -2.04. The van der Waals surface area contributed by atoms with Gasteiger partial charge in [-0.05, 0) is 22.4 Å². The molecule has 0 atom stereocenters. The van der Waals surface area contributed by atoms with Gasteiger partial charge in [0.2, 0.25) is 5.88 Å². The third-order valence-corrected chi connectivity index (χ3v) is 2.45. The van der Waals surface area contributed by atoms with Gasteiger partial charge in [-0.1, -0.05) is 19.8 Å². The van der Waals surface area contributed by atoms with Crippen LogP contribution in [0.1, 0.15) is 26.2 Å². The van der Waals surface area contributed by atoms with Gasteiger partial charge in [-0.15, -0.1) is 0 Å². The summed E-state index contributed by atoms with van der Waals surface area (Å²) in [4.78, 5) is 17.5. The fraction of sp³-hybridized carbons (Fsp3) is 0.556. The molecule has 0 aliphatic rings. The topological polar surface area (TPSA) is 55.0 Å². The number of aromatic nitrogens is 2. The number of nitrogens with zero attached hydrogens (tertiary/aromatic N) is 1. The summed E-state index contributed by atoms with van der Waals surface area (Å²) in [7, 11) is 0. The molecule has 0 radical (unpaired) electrons. The minimum absolute atomic E-state index is 0.217. The first-order chi connectivity index (χ1) is 6.75. The molecule has 0 saturated carbocycles. The Kier molecular flexibility index (Phi) is 4.65. The summed E-state index contributed by atoms with van der Waals surface area (Å²) in [5.41, 5.74) is -0.217. The molecule has 1 aromatic heterocycles. The maximum absolute atomic E-state index is 11.1. The highest BCUT2D eigenvalue weighted by Crippen LogP contribution is 2.16. The van der Waals surface area contributed by atoms with Crippen LogP contribution in [0, 0.1) is 0 Å². The third-order valence-electron chi connectivity index (χ3n) is 1.75. The Morgan fingerprint density at radius 1 is 1.57 bits per heavy atom. The van der Waals surface area contributed by atoms with Crippen LogP contribution in [0.15, 0.2) is 15.6 Å². The van der Waals surface area contributed by atoms with E-state index < -0.39 is 0 Å². The van der Waals surface area contributed by atoms with E-state index in [9.17, 15) is 4.79 Å². The second-order valence-corrected chi connectivity index (χ2v) is 3.70. The van der Waals surface area contributed by atoms with Crippen molar-refractivity contribution >= 4 is 15.9 Å².